The normalized spacial score (nSPS) is 10.9. The fraction of sp³-hybridized carbons (Fsp3) is 0.714. The third-order valence-corrected chi connectivity index (χ3v) is 6.28. The Hall–Kier alpha value is -1.84. The van der Waals surface area contributed by atoms with Gasteiger partial charge in [0, 0.05) is 0 Å². The zero-order chi connectivity index (χ0) is 23.6. The van der Waals surface area contributed by atoms with Gasteiger partial charge in [0.05, 0.1) is 25.3 Å². The maximum Gasteiger partial charge on any atom is 0.339 e. The molecule has 0 saturated heterocycles. The number of aryl methyl sites for hydroxylation is 1. The summed E-state index contributed by atoms with van der Waals surface area (Å²) in [5.41, 5.74) is 2.89. The Bertz CT molecular complexity index is 666. The number of unbranched alkanes of at least 4 members (excludes halogenated alkanes) is 12. The third-order valence-electron chi connectivity index (χ3n) is 6.28. The molecule has 0 fully saturated rings. The molecule has 4 heteroatoms. The molecule has 0 aliphatic heterocycles. The van der Waals surface area contributed by atoms with Crippen LogP contribution in [-0.2, 0) is 22.3 Å². The van der Waals surface area contributed by atoms with E-state index in [1.807, 2.05) is 6.07 Å². The van der Waals surface area contributed by atoms with Gasteiger partial charge >= 0.3 is 11.9 Å². The van der Waals surface area contributed by atoms with Crippen LogP contribution in [0.25, 0.3) is 0 Å². The molecule has 0 aliphatic carbocycles. The molecule has 4 nitrogen and oxygen atoms in total. The van der Waals surface area contributed by atoms with Crippen molar-refractivity contribution in [2.24, 2.45) is 0 Å². The van der Waals surface area contributed by atoms with Crippen LogP contribution in [0.15, 0.2) is 12.1 Å². The van der Waals surface area contributed by atoms with Crippen molar-refractivity contribution in [2.75, 3.05) is 14.2 Å². The molecule has 0 bridgehead atoms. The molecule has 1 rings (SSSR count). The first-order valence-electron chi connectivity index (χ1n) is 12.9. The second-order valence-electron chi connectivity index (χ2n) is 8.85. The molecule has 1 aromatic rings. The van der Waals surface area contributed by atoms with E-state index in [0.717, 1.165) is 37.7 Å². The number of hydrogen-bond acceptors (Lipinski definition) is 4. The highest BCUT2D eigenvalue weighted by molar-refractivity contribution is 6.04. The predicted molar refractivity (Wildman–Crippen MR) is 133 cm³/mol. The SMILES string of the molecule is CCCCCCCCCc1ccc(C(=O)OC)c(C(=O)OC)c1CCCCCCCCC. The molecule has 182 valence electrons. The summed E-state index contributed by atoms with van der Waals surface area (Å²) in [4.78, 5) is 25.0. The molecule has 32 heavy (non-hydrogen) atoms. The van der Waals surface area contributed by atoms with Gasteiger partial charge in [0.25, 0.3) is 0 Å². The van der Waals surface area contributed by atoms with Crippen LogP contribution in [0.2, 0.25) is 0 Å². The van der Waals surface area contributed by atoms with Crippen LogP contribution in [0.1, 0.15) is 136 Å². The Kier molecular flexibility index (Phi) is 15.6. The number of carbonyl (C=O) groups is 2. The Labute approximate surface area is 196 Å². The smallest absolute Gasteiger partial charge is 0.339 e. The minimum absolute atomic E-state index is 0.320. The van der Waals surface area contributed by atoms with Gasteiger partial charge in [-0.15, -0.1) is 0 Å². The lowest BCUT2D eigenvalue weighted by Crippen LogP contribution is -2.16. The highest BCUT2D eigenvalue weighted by Gasteiger charge is 2.24. The Morgan fingerprint density at radius 1 is 0.625 bits per heavy atom. The summed E-state index contributed by atoms with van der Waals surface area (Å²) >= 11 is 0. The summed E-state index contributed by atoms with van der Waals surface area (Å²) in [6.07, 6.45) is 19.0. The van der Waals surface area contributed by atoms with Gasteiger partial charge in [0.15, 0.2) is 0 Å². The van der Waals surface area contributed by atoms with Gasteiger partial charge in [-0.25, -0.2) is 9.59 Å². The van der Waals surface area contributed by atoms with E-state index in [0.29, 0.717) is 11.1 Å². The summed E-state index contributed by atoms with van der Waals surface area (Å²) in [7, 11) is 2.73. The number of esters is 2. The van der Waals surface area contributed by atoms with Crippen LogP contribution in [0, 0.1) is 0 Å². The van der Waals surface area contributed by atoms with Crippen molar-refractivity contribution in [3.8, 4) is 0 Å². The lowest BCUT2D eigenvalue weighted by Gasteiger charge is -2.17. The van der Waals surface area contributed by atoms with Crippen molar-refractivity contribution in [3.63, 3.8) is 0 Å². The van der Waals surface area contributed by atoms with E-state index in [-0.39, 0.29) is 0 Å². The predicted octanol–water partition coefficient (Wildman–Crippen LogP) is 7.85. The molecule has 0 aromatic heterocycles. The van der Waals surface area contributed by atoms with Crippen molar-refractivity contribution in [1.29, 1.82) is 0 Å². The number of ether oxygens (including phenoxy) is 2. The maximum absolute atomic E-state index is 12.7. The van der Waals surface area contributed by atoms with E-state index in [9.17, 15) is 9.59 Å². The zero-order valence-corrected chi connectivity index (χ0v) is 21.1. The number of benzene rings is 1. The second-order valence-corrected chi connectivity index (χ2v) is 8.85. The minimum Gasteiger partial charge on any atom is -0.465 e. The van der Waals surface area contributed by atoms with Gasteiger partial charge in [0.2, 0.25) is 0 Å². The van der Waals surface area contributed by atoms with Crippen LogP contribution in [-0.4, -0.2) is 26.2 Å². The number of carbonyl (C=O) groups excluding carboxylic acids is 2. The molecule has 0 N–H and O–H groups in total. The van der Waals surface area contributed by atoms with Crippen LogP contribution >= 0.6 is 0 Å². The Balaban J connectivity index is 2.90. The van der Waals surface area contributed by atoms with Gasteiger partial charge in [-0.1, -0.05) is 97.0 Å². The topological polar surface area (TPSA) is 52.6 Å². The summed E-state index contributed by atoms with van der Waals surface area (Å²) in [6.45, 7) is 4.47. The largest absolute Gasteiger partial charge is 0.465 e. The van der Waals surface area contributed by atoms with Gasteiger partial charge in [-0.2, -0.15) is 0 Å². The number of hydrogen-bond donors (Lipinski definition) is 0. The summed E-state index contributed by atoms with van der Waals surface area (Å²) in [5, 5.41) is 0. The van der Waals surface area contributed by atoms with Crippen LogP contribution in [0.4, 0.5) is 0 Å². The Morgan fingerprint density at radius 2 is 1.09 bits per heavy atom. The quantitative estimate of drug-likeness (QED) is 0.170. The van der Waals surface area contributed by atoms with Crippen molar-refractivity contribution in [3.05, 3.63) is 34.4 Å². The lowest BCUT2D eigenvalue weighted by molar-refractivity contribution is 0.0554. The van der Waals surface area contributed by atoms with Gasteiger partial charge in [0.1, 0.15) is 0 Å². The van der Waals surface area contributed by atoms with Crippen molar-refractivity contribution < 1.29 is 19.1 Å². The lowest BCUT2D eigenvalue weighted by atomic mass is 9.89. The summed E-state index contributed by atoms with van der Waals surface area (Å²) < 4.78 is 10.0. The molecule has 0 saturated carbocycles. The van der Waals surface area contributed by atoms with Crippen molar-refractivity contribution in [1.82, 2.24) is 0 Å². The Morgan fingerprint density at radius 3 is 1.59 bits per heavy atom. The third kappa shape index (κ3) is 10.2. The molecule has 0 atom stereocenters. The average Bonchev–Trinajstić information content (AvgIpc) is 2.82. The monoisotopic (exact) mass is 446 g/mol. The van der Waals surface area contributed by atoms with E-state index in [4.69, 9.17) is 9.47 Å². The summed E-state index contributed by atoms with van der Waals surface area (Å²) in [6, 6.07) is 3.76. The number of methoxy groups -OCH3 is 2. The first kappa shape index (κ1) is 28.2. The van der Waals surface area contributed by atoms with Gasteiger partial charge < -0.3 is 9.47 Å². The molecule has 0 spiro atoms. The second kappa shape index (κ2) is 17.7. The van der Waals surface area contributed by atoms with E-state index in [1.165, 1.54) is 90.4 Å². The van der Waals surface area contributed by atoms with Crippen LogP contribution in [0.3, 0.4) is 0 Å². The fourth-order valence-electron chi connectivity index (χ4n) is 4.36. The molecule has 0 unspecified atom stereocenters. The molecule has 0 heterocycles. The van der Waals surface area contributed by atoms with Crippen LogP contribution < -0.4 is 0 Å². The molecule has 0 aliphatic rings. The minimum atomic E-state index is -0.478. The van der Waals surface area contributed by atoms with E-state index in [2.05, 4.69) is 13.8 Å². The van der Waals surface area contributed by atoms with Crippen LogP contribution in [0.5, 0.6) is 0 Å². The highest BCUT2D eigenvalue weighted by Crippen LogP contribution is 2.26. The molecule has 0 amide bonds. The first-order valence-corrected chi connectivity index (χ1v) is 12.9. The molecular weight excluding hydrogens is 400 g/mol. The maximum atomic E-state index is 12.7. The highest BCUT2D eigenvalue weighted by atomic mass is 16.5. The van der Waals surface area contributed by atoms with E-state index in [1.54, 1.807) is 6.07 Å². The van der Waals surface area contributed by atoms with Crippen molar-refractivity contribution >= 4 is 11.9 Å². The fourth-order valence-corrected chi connectivity index (χ4v) is 4.36. The number of rotatable bonds is 18. The molecule has 1 aromatic carbocycles. The molecule has 0 radical (unpaired) electrons. The van der Waals surface area contributed by atoms with Gasteiger partial charge in [-0.3, -0.25) is 0 Å². The first-order chi connectivity index (χ1) is 15.6. The van der Waals surface area contributed by atoms with E-state index < -0.39 is 11.9 Å². The molecular formula is C28H46O4. The standard InChI is InChI=1S/C28H46O4/c1-5-7-9-11-13-15-17-19-23-21-22-25(27(29)31-3)26(28(30)32-4)24(23)20-18-16-14-12-10-8-6-2/h21-22H,5-20H2,1-4H3. The van der Waals surface area contributed by atoms with E-state index >= 15 is 0 Å². The summed E-state index contributed by atoms with van der Waals surface area (Å²) in [5.74, 6) is -0.918. The van der Waals surface area contributed by atoms with Gasteiger partial charge in [-0.05, 0) is 42.9 Å². The average molecular weight is 447 g/mol. The van der Waals surface area contributed by atoms with Crippen molar-refractivity contribution in [2.45, 2.75) is 117 Å². The zero-order valence-electron chi connectivity index (χ0n) is 21.1.